The van der Waals surface area contributed by atoms with E-state index in [1.807, 2.05) is 6.92 Å². The molecule has 2 unspecified atom stereocenters. The Morgan fingerprint density at radius 2 is 2.07 bits per heavy atom. The second-order valence-electron chi connectivity index (χ2n) is 2.85. The average Bonchev–Trinajstić information content (AvgIpc) is 2.12. The van der Waals surface area contributed by atoms with Crippen molar-refractivity contribution in [1.82, 2.24) is 0 Å². The number of ether oxygens (including phenoxy) is 3. The van der Waals surface area contributed by atoms with E-state index in [9.17, 15) is 5.11 Å². The van der Waals surface area contributed by atoms with Crippen LogP contribution in [-0.2, 0) is 14.2 Å². The van der Waals surface area contributed by atoms with Gasteiger partial charge in [0, 0.05) is 26.4 Å². The molecule has 0 aromatic heterocycles. The normalized spacial score (nSPS) is 17.8. The third-order valence-corrected chi connectivity index (χ3v) is 2.61. The highest BCUT2D eigenvalue weighted by molar-refractivity contribution is 7.99. The molecule has 0 aliphatic heterocycles. The van der Waals surface area contributed by atoms with Gasteiger partial charge in [0.05, 0.1) is 12.0 Å². The monoisotopic (exact) mass is 224 g/mol. The minimum atomic E-state index is -1.47. The summed E-state index contributed by atoms with van der Waals surface area (Å²) < 4.78 is 15.1. The quantitative estimate of drug-likeness (QED) is 0.499. The minimum Gasteiger partial charge on any atom is -0.371 e. The van der Waals surface area contributed by atoms with Crippen LogP contribution in [-0.4, -0.2) is 42.6 Å². The Morgan fingerprint density at radius 1 is 1.43 bits per heavy atom. The summed E-state index contributed by atoms with van der Waals surface area (Å²) in [5.41, 5.74) is 0.149. The maximum atomic E-state index is 9.45. The minimum absolute atomic E-state index is 0.149. The Balaban J connectivity index is 3.43. The third-order valence-electron chi connectivity index (χ3n) is 1.55. The molecule has 0 bridgehead atoms. The van der Waals surface area contributed by atoms with Crippen molar-refractivity contribution in [2.24, 2.45) is 0 Å². The predicted octanol–water partition coefficient (Wildman–Crippen LogP) is 1.43. The van der Waals surface area contributed by atoms with Gasteiger partial charge in [-0.05, 0) is 13.8 Å². The summed E-state index contributed by atoms with van der Waals surface area (Å²) in [5.74, 6) is -0.705. The highest BCUT2D eigenvalue weighted by atomic mass is 32.2. The summed E-state index contributed by atoms with van der Waals surface area (Å²) in [6.45, 7) is 6.12. The van der Waals surface area contributed by atoms with E-state index in [2.05, 4.69) is 0 Å². The van der Waals surface area contributed by atoms with Gasteiger partial charge in [0.25, 0.3) is 5.97 Å². The summed E-state index contributed by atoms with van der Waals surface area (Å²) in [4.78, 5) is 0. The van der Waals surface area contributed by atoms with Crippen molar-refractivity contribution in [1.29, 1.82) is 0 Å². The van der Waals surface area contributed by atoms with Crippen molar-refractivity contribution >= 4 is 11.8 Å². The molecule has 0 saturated heterocycles. The van der Waals surface area contributed by atoms with E-state index in [1.54, 1.807) is 25.8 Å². The molecule has 0 aliphatic carbocycles. The van der Waals surface area contributed by atoms with Crippen LogP contribution in [0.3, 0.4) is 0 Å². The molecule has 14 heavy (non-hydrogen) atoms. The molecule has 5 heteroatoms. The van der Waals surface area contributed by atoms with E-state index >= 15 is 0 Å². The summed E-state index contributed by atoms with van der Waals surface area (Å²) in [7, 11) is 1.66. The lowest BCUT2D eigenvalue weighted by Gasteiger charge is -2.23. The lowest BCUT2D eigenvalue weighted by Crippen LogP contribution is -2.32. The molecule has 4 nitrogen and oxygen atoms in total. The summed E-state index contributed by atoms with van der Waals surface area (Å²) in [6.07, 6.45) is 0. The molecule has 0 aliphatic rings. The Morgan fingerprint density at radius 3 is 2.57 bits per heavy atom. The van der Waals surface area contributed by atoms with Crippen molar-refractivity contribution in [3.63, 3.8) is 0 Å². The molecule has 0 amide bonds. The second kappa shape index (κ2) is 7.48. The van der Waals surface area contributed by atoms with Gasteiger partial charge in [-0.2, -0.15) is 0 Å². The van der Waals surface area contributed by atoms with Gasteiger partial charge in [0.2, 0.25) is 0 Å². The first-order valence-electron chi connectivity index (χ1n) is 4.66. The van der Waals surface area contributed by atoms with Gasteiger partial charge in [0.15, 0.2) is 0 Å². The lowest BCUT2D eigenvalue weighted by molar-refractivity contribution is -0.345. The molecule has 0 heterocycles. The Kier molecular flexibility index (Phi) is 7.58. The van der Waals surface area contributed by atoms with Gasteiger partial charge < -0.3 is 19.3 Å². The molecule has 2 atom stereocenters. The molecule has 0 radical (unpaired) electrons. The average molecular weight is 224 g/mol. The van der Waals surface area contributed by atoms with Crippen LogP contribution in [0.1, 0.15) is 20.8 Å². The van der Waals surface area contributed by atoms with E-state index in [1.165, 1.54) is 6.92 Å². The third kappa shape index (κ3) is 7.58. The first-order chi connectivity index (χ1) is 6.52. The largest absolute Gasteiger partial charge is 0.371 e. The maximum absolute atomic E-state index is 9.45. The fraction of sp³-hybridized carbons (Fsp3) is 1.00. The molecule has 0 saturated carbocycles. The number of rotatable bonds is 8. The Labute approximate surface area is 89.9 Å². The van der Waals surface area contributed by atoms with Gasteiger partial charge >= 0.3 is 0 Å². The zero-order chi connectivity index (χ0) is 11.0. The van der Waals surface area contributed by atoms with Crippen molar-refractivity contribution < 1.29 is 19.3 Å². The van der Waals surface area contributed by atoms with E-state index in [-0.39, 0.29) is 5.44 Å². The van der Waals surface area contributed by atoms with Gasteiger partial charge in [0.1, 0.15) is 0 Å². The van der Waals surface area contributed by atoms with Gasteiger partial charge in [-0.3, -0.25) is 0 Å². The number of hydrogen-bond donors (Lipinski definition) is 1. The van der Waals surface area contributed by atoms with Crippen LogP contribution in [0.2, 0.25) is 0 Å². The second-order valence-corrected chi connectivity index (χ2v) is 4.26. The van der Waals surface area contributed by atoms with Crippen molar-refractivity contribution in [2.75, 3.05) is 26.1 Å². The fourth-order valence-electron chi connectivity index (χ4n) is 0.823. The Bertz CT molecular complexity index is 141. The molecular formula is C9H20O4S. The number of thioether (sulfide) groups is 1. The molecule has 86 valence electrons. The van der Waals surface area contributed by atoms with Crippen LogP contribution in [0.25, 0.3) is 0 Å². The van der Waals surface area contributed by atoms with Crippen molar-refractivity contribution in [3.05, 3.63) is 0 Å². The van der Waals surface area contributed by atoms with E-state index in [4.69, 9.17) is 14.2 Å². The summed E-state index contributed by atoms with van der Waals surface area (Å²) >= 11 is 1.62. The van der Waals surface area contributed by atoms with E-state index in [0.29, 0.717) is 13.2 Å². The van der Waals surface area contributed by atoms with Crippen LogP contribution >= 0.6 is 11.8 Å². The number of aliphatic hydroxyl groups is 1. The van der Waals surface area contributed by atoms with Crippen molar-refractivity contribution in [2.45, 2.75) is 32.2 Å². The standard InChI is InChI=1S/C9H20O4S/c1-5-12-9(3,10)13-6-7-14-8(2)11-4/h8,10H,5-7H2,1-4H3. The van der Waals surface area contributed by atoms with Crippen LogP contribution < -0.4 is 0 Å². The molecule has 0 aromatic rings. The topological polar surface area (TPSA) is 47.9 Å². The van der Waals surface area contributed by atoms with E-state index in [0.717, 1.165) is 5.75 Å². The lowest BCUT2D eigenvalue weighted by atomic mass is 10.6. The van der Waals surface area contributed by atoms with E-state index < -0.39 is 5.97 Å². The summed E-state index contributed by atoms with van der Waals surface area (Å²) in [6, 6.07) is 0. The molecular weight excluding hydrogens is 204 g/mol. The van der Waals surface area contributed by atoms with Crippen LogP contribution in [0.5, 0.6) is 0 Å². The molecule has 0 rings (SSSR count). The molecule has 0 spiro atoms. The first-order valence-corrected chi connectivity index (χ1v) is 5.71. The molecule has 0 fully saturated rings. The first kappa shape index (κ1) is 14.2. The fourth-order valence-corrected chi connectivity index (χ4v) is 1.47. The van der Waals surface area contributed by atoms with Crippen LogP contribution in [0, 0.1) is 0 Å². The number of methoxy groups -OCH3 is 1. The van der Waals surface area contributed by atoms with Crippen LogP contribution in [0.15, 0.2) is 0 Å². The maximum Gasteiger partial charge on any atom is 0.277 e. The molecule has 1 N–H and O–H groups in total. The Hall–Kier alpha value is 0.190. The van der Waals surface area contributed by atoms with Crippen LogP contribution in [0.4, 0.5) is 0 Å². The highest BCUT2D eigenvalue weighted by Crippen LogP contribution is 2.12. The zero-order valence-corrected chi connectivity index (χ0v) is 10.1. The predicted molar refractivity (Wildman–Crippen MR) is 57.1 cm³/mol. The molecule has 0 aromatic carbocycles. The smallest absolute Gasteiger partial charge is 0.277 e. The van der Waals surface area contributed by atoms with Gasteiger partial charge in [-0.1, -0.05) is 0 Å². The van der Waals surface area contributed by atoms with Gasteiger partial charge in [-0.15, -0.1) is 11.8 Å². The number of hydrogen-bond acceptors (Lipinski definition) is 5. The summed E-state index contributed by atoms with van der Waals surface area (Å²) in [5, 5.41) is 9.45. The van der Waals surface area contributed by atoms with Crippen molar-refractivity contribution in [3.8, 4) is 0 Å². The zero-order valence-electron chi connectivity index (χ0n) is 9.28. The highest BCUT2D eigenvalue weighted by Gasteiger charge is 2.20. The SMILES string of the molecule is CCOC(C)(O)OCCSC(C)OC. The van der Waals surface area contributed by atoms with Gasteiger partial charge in [-0.25, -0.2) is 0 Å².